The van der Waals surface area contributed by atoms with Gasteiger partial charge in [0.05, 0.1) is 0 Å². The van der Waals surface area contributed by atoms with Crippen molar-refractivity contribution in [2.24, 2.45) is 0 Å². The lowest BCUT2D eigenvalue weighted by atomic mass is 10.2. The average molecular weight is 161 g/mol. The van der Waals surface area contributed by atoms with Gasteiger partial charge in [0.15, 0.2) is 0 Å². The molecule has 0 radical (unpaired) electrons. The molecule has 62 valence electrons. The van der Waals surface area contributed by atoms with Gasteiger partial charge < -0.3 is 5.32 Å². The highest BCUT2D eigenvalue weighted by Crippen LogP contribution is 1.99. The first-order valence-corrected chi connectivity index (χ1v) is 4.61. The summed E-state index contributed by atoms with van der Waals surface area (Å²) >= 11 is 4.33. The number of hydrogen-bond acceptors (Lipinski definition) is 2. The van der Waals surface area contributed by atoms with E-state index in [0.29, 0.717) is 11.3 Å². The quantitative estimate of drug-likeness (QED) is 0.465. The van der Waals surface area contributed by atoms with E-state index < -0.39 is 0 Å². The molecule has 0 aromatic carbocycles. The van der Waals surface area contributed by atoms with Crippen molar-refractivity contribution in [3.63, 3.8) is 0 Å². The molecule has 0 saturated heterocycles. The molecule has 0 aliphatic rings. The number of nitrogens with one attached hydrogen (secondary N) is 1. The predicted octanol–water partition coefficient (Wildman–Crippen LogP) is 2.08. The zero-order valence-corrected chi connectivity index (χ0v) is 8.12. The lowest BCUT2D eigenvalue weighted by Crippen LogP contribution is -2.33. The molecule has 0 aromatic heterocycles. The van der Waals surface area contributed by atoms with Crippen LogP contribution in [0.1, 0.15) is 33.6 Å². The summed E-state index contributed by atoms with van der Waals surface area (Å²) in [5.74, 6) is 0. The molecule has 0 rings (SSSR count). The second kappa shape index (κ2) is 6.05. The summed E-state index contributed by atoms with van der Waals surface area (Å²) in [6.07, 6.45) is 2.53. The van der Waals surface area contributed by atoms with Gasteiger partial charge >= 0.3 is 0 Å². The third kappa shape index (κ3) is 5.12. The Morgan fingerprint density at radius 2 is 2.00 bits per heavy atom. The monoisotopic (exact) mass is 161 g/mol. The maximum atomic E-state index is 4.33. The molecule has 0 aliphatic heterocycles. The first-order chi connectivity index (χ1) is 4.68. The minimum Gasteiger partial charge on any atom is -0.313 e. The van der Waals surface area contributed by atoms with Crippen LogP contribution in [0.4, 0.5) is 0 Å². The maximum absolute atomic E-state index is 4.33. The molecule has 0 saturated carbocycles. The third-order valence-electron chi connectivity index (χ3n) is 1.72. The summed E-state index contributed by atoms with van der Waals surface area (Å²) < 4.78 is 0. The van der Waals surface area contributed by atoms with E-state index >= 15 is 0 Å². The summed E-state index contributed by atoms with van der Waals surface area (Å²) in [5, 5.41) is 3.86. The second-order valence-corrected chi connectivity index (χ2v) is 3.65. The van der Waals surface area contributed by atoms with Crippen molar-refractivity contribution >= 4 is 12.6 Å². The normalized spacial score (nSPS) is 16.8. The average Bonchev–Trinajstić information content (AvgIpc) is 1.88. The molecule has 0 fully saturated rings. The van der Waals surface area contributed by atoms with Crippen molar-refractivity contribution in [1.29, 1.82) is 0 Å². The number of unbranched alkanes of at least 4 members (excludes halogenated alkanes) is 1. The number of thiol groups is 1. The van der Waals surface area contributed by atoms with Gasteiger partial charge in [-0.1, -0.05) is 20.3 Å². The van der Waals surface area contributed by atoms with Crippen molar-refractivity contribution < 1.29 is 0 Å². The Balaban J connectivity index is 3.13. The van der Waals surface area contributed by atoms with E-state index in [1.165, 1.54) is 12.8 Å². The first kappa shape index (κ1) is 10.3. The molecule has 0 aromatic rings. The molecule has 0 bridgehead atoms. The molecule has 10 heavy (non-hydrogen) atoms. The fraction of sp³-hybridized carbons (Fsp3) is 1.00. The van der Waals surface area contributed by atoms with Crippen molar-refractivity contribution in [2.75, 3.05) is 6.54 Å². The lowest BCUT2D eigenvalue weighted by molar-refractivity contribution is 0.531. The molecular weight excluding hydrogens is 142 g/mol. The van der Waals surface area contributed by atoms with Gasteiger partial charge in [0.25, 0.3) is 0 Å². The Morgan fingerprint density at radius 1 is 1.40 bits per heavy atom. The minimum atomic E-state index is 0.455. The molecule has 2 atom stereocenters. The van der Waals surface area contributed by atoms with Crippen LogP contribution >= 0.6 is 12.6 Å². The maximum Gasteiger partial charge on any atom is 0.0153 e. The van der Waals surface area contributed by atoms with Gasteiger partial charge in [-0.2, -0.15) is 12.6 Å². The Hall–Kier alpha value is 0.310. The molecule has 0 spiro atoms. The Labute approximate surface area is 70.0 Å². The minimum absolute atomic E-state index is 0.455. The fourth-order valence-electron chi connectivity index (χ4n) is 0.677. The summed E-state index contributed by atoms with van der Waals surface area (Å²) in [7, 11) is 0. The van der Waals surface area contributed by atoms with E-state index in [2.05, 4.69) is 38.7 Å². The van der Waals surface area contributed by atoms with Crippen LogP contribution in [0, 0.1) is 0 Å². The van der Waals surface area contributed by atoms with Gasteiger partial charge in [0.1, 0.15) is 0 Å². The van der Waals surface area contributed by atoms with Crippen molar-refractivity contribution in [2.45, 2.75) is 44.9 Å². The third-order valence-corrected chi connectivity index (χ3v) is 2.17. The van der Waals surface area contributed by atoms with Crippen LogP contribution in [-0.2, 0) is 0 Å². The van der Waals surface area contributed by atoms with Crippen LogP contribution in [0.15, 0.2) is 0 Å². The fourth-order valence-corrected chi connectivity index (χ4v) is 0.782. The van der Waals surface area contributed by atoms with E-state index in [9.17, 15) is 0 Å². The van der Waals surface area contributed by atoms with E-state index in [-0.39, 0.29) is 0 Å². The molecule has 2 unspecified atom stereocenters. The van der Waals surface area contributed by atoms with Crippen LogP contribution in [0.3, 0.4) is 0 Å². The Bertz CT molecular complexity index is 73.7. The highest BCUT2D eigenvalue weighted by molar-refractivity contribution is 7.81. The van der Waals surface area contributed by atoms with E-state index in [1.807, 2.05) is 0 Å². The first-order valence-electron chi connectivity index (χ1n) is 4.10. The highest BCUT2D eigenvalue weighted by Gasteiger charge is 2.04. The van der Waals surface area contributed by atoms with E-state index in [0.717, 1.165) is 6.54 Å². The van der Waals surface area contributed by atoms with Crippen molar-refractivity contribution in [3.05, 3.63) is 0 Å². The number of hydrogen-bond donors (Lipinski definition) is 2. The number of rotatable bonds is 5. The van der Waals surface area contributed by atoms with Crippen LogP contribution in [0.25, 0.3) is 0 Å². The molecule has 0 aliphatic carbocycles. The molecule has 0 amide bonds. The second-order valence-electron chi connectivity index (χ2n) is 2.84. The van der Waals surface area contributed by atoms with Crippen LogP contribution in [0.2, 0.25) is 0 Å². The van der Waals surface area contributed by atoms with E-state index in [4.69, 9.17) is 0 Å². The summed E-state index contributed by atoms with van der Waals surface area (Å²) in [6.45, 7) is 7.62. The molecular formula is C8H19NS. The molecule has 1 N–H and O–H groups in total. The van der Waals surface area contributed by atoms with Crippen molar-refractivity contribution in [1.82, 2.24) is 5.32 Å². The summed E-state index contributed by atoms with van der Waals surface area (Å²) in [4.78, 5) is 0. The van der Waals surface area contributed by atoms with Gasteiger partial charge in [0, 0.05) is 11.3 Å². The smallest absolute Gasteiger partial charge is 0.0153 e. The SMILES string of the molecule is CCCCNC(C)C(C)S. The molecule has 0 heterocycles. The van der Waals surface area contributed by atoms with Crippen LogP contribution in [0.5, 0.6) is 0 Å². The Kier molecular flexibility index (Phi) is 6.24. The standard InChI is InChI=1S/C8H19NS/c1-4-5-6-9-7(2)8(3)10/h7-10H,4-6H2,1-3H3. The van der Waals surface area contributed by atoms with Gasteiger partial charge in [-0.3, -0.25) is 0 Å². The molecule has 1 nitrogen and oxygen atoms in total. The zero-order chi connectivity index (χ0) is 7.98. The summed E-state index contributed by atoms with van der Waals surface area (Å²) in [5.41, 5.74) is 0. The van der Waals surface area contributed by atoms with Gasteiger partial charge in [-0.25, -0.2) is 0 Å². The van der Waals surface area contributed by atoms with Gasteiger partial charge in [-0.15, -0.1) is 0 Å². The molecule has 2 heteroatoms. The zero-order valence-electron chi connectivity index (χ0n) is 7.22. The highest BCUT2D eigenvalue weighted by atomic mass is 32.1. The van der Waals surface area contributed by atoms with Gasteiger partial charge in [0.2, 0.25) is 0 Å². The topological polar surface area (TPSA) is 12.0 Å². The van der Waals surface area contributed by atoms with E-state index in [1.54, 1.807) is 0 Å². The van der Waals surface area contributed by atoms with Crippen LogP contribution < -0.4 is 5.32 Å². The predicted molar refractivity (Wildman–Crippen MR) is 50.8 cm³/mol. The van der Waals surface area contributed by atoms with Crippen molar-refractivity contribution in [3.8, 4) is 0 Å². The Morgan fingerprint density at radius 3 is 2.40 bits per heavy atom. The van der Waals surface area contributed by atoms with Gasteiger partial charge in [-0.05, 0) is 19.9 Å². The largest absolute Gasteiger partial charge is 0.313 e. The summed E-state index contributed by atoms with van der Waals surface area (Å²) in [6, 6.07) is 0.537. The van der Waals surface area contributed by atoms with Crippen LogP contribution in [-0.4, -0.2) is 17.8 Å². The lowest BCUT2D eigenvalue weighted by Gasteiger charge is -2.15.